The summed E-state index contributed by atoms with van der Waals surface area (Å²) in [5.41, 5.74) is 8.98. The summed E-state index contributed by atoms with van der Waals surface area (Å²) < 4.78 is 16.1. The lowest BCUT2D eigenvalue weighted by Crippen LogP contribution is -2.35. The number of nitrogens with two attached hydrogens (primary N) is 1. The predicted molar refractivity (Wildman–Crippen MR) is 127 cm³/mol. The molecule has 2 aromatic carbocycles. The molecule has 0 aromatic heterocycles. The van der Waals surface area contributed by atoms with Gasteiger partial charge in [0.2, 0.25) is 5.91 Å². The fourth-order valence-corrected chi connectivity index (χ4v) is 4.40. The molecule has 35 heavy (non-hydrogen) atoms. The summed E-state index contributed by atoms with van der Waals surface area (Å²) in [5.74, 6) is -2.05. The highest BCUT2D eigenvalue weighted by atomic mass is 16.5. The van der Waals surface area contributed by atoms with Gasteiger partial charge in [0, 0.05) is 37.3 Å². The quantitative estimate of drug-likeness (QED) is 0.406. The summed E-state index contributed by atoms with van der Waals surface area (Å²) in [6.45, 7) is 5.30. The molecular formula is C26H31N3O6. The number of esters is 1. The van der Waals surface area contributed by atoms with E-state index in [2.05, 4.69) is 33.9 Å². The number of ether oxygens (including phenoxy) is 3. The minimum atomic E-state index is -1.08. The van der Waals surface area contributed by atoms with E-state index in [9.17, 15) is 14.4 Å². The maximum absolute atomic E-state index is 12.9. The number of carbonyl (C=O) groups is 3. The van der Waals surface area contributed by atoms with Gasteiger partial charge in [0.25, 0.3) is 5.91 Å². The first-order chi connectivity index (χ1) is 17.0. The Balaban J connectivity index is 1.35. The van der Waals surface area contributed by atoms with Gasteiger partial charge in [0.1, 0.15) is 18.3 Å². The van der Waals surface area contributed by atoms with Gasteiger partial charge < -0.3 is 24.8 Å². The van der Waals surface area contributed by atoms with Gasteiger partial charge in [-0.3, -0.25) is 19.3 Å². The van der Waals surface area contributed by atoms with Crippen LogP contribution >= 0.6 is 0 Å². The largest absolute Gasteiger partial charge is 0.489 e. The number of hydrogen-bond acceptors (Lipinski definition) is 7. The highest BCUT2D eigenvalue weighted by Crippen LogP contribution is 2.32. The van der Waals surface area contributed by atoms with Crippen LogP contribution in [-0.4, -0.2) is 67.5 Å². The Hall–Kier alpha value is -3.43. The first kappa shape index (κ1) is 24.7. The molecule has 2 N–H and O–H groups in total. The van der Waals surface area contributed by atoms with Gasteiger partial charge >= 0.3 is 5.97 Å². The van der Waals surface area contributed by atoms with Crippen molar-refractivity contribution in [3.05, 3.63) is 64.7 Å². The molecule has 2 aromatic rings. The fraction of sp³-hybridized carbons (Fsp3) is 0.423. The third-order valence-electron chi connectivity index (χ3n) is 6.44. The molecule has 2 heterocycles. The molecule has 1 saturated heterocycles. The van der Waals surface area contributed by atoms with Crippen LogP contribution in [-0.2, 0) is 38.8 Å². The summed E-state index contributed by atoms with van der Waals surface area (Å²) in [6.07, 6.45) is 0.106. The highest BCUT2D eigenvalue weighted by Gasteiger charge is 2.32. The molecule has 1 atom stereocenters. The van der Waals surface area contributed by atoms with Crippen molar-refractivity contribution in [1.29, 1.82) is 0 Å². The van der Waals surface area contributed by atoms with Gasteiger partial charge in [-0.25, -0.2) is 0 Å². The van der Waals surface area contributed by atoms with E-state index in [0.29, 0.717) is 24.5 Å². The van der Waals surface area contributed by atoms with E-state index in [-0.39, 0.29) is 18.9 Å². The number of carbonyl (C=O) groups excluding carboxylic acids is 3. The van der Waals surface area contributed by atoms with Crippen LogP contribution in [0.15, 0.2) is 42.5 Å². The maximum atomic E-state index is 12.9. The van der Waals surface area contributed by atoms with Crippen molar-refractivity contribution < 1.29 is 28.6 Å². The average molecular weight is 482 g/mol. The molecule has 0 spiro atoms. The second-order valence-electron chi connectivity index (χ2n) is 8.77. The van der Waals surface area contributed by atoms with Crippen LogP contribution in [0.2, 0.25) is 0 Å². The lowest BCUT2D eigenvalue weighted by atomic mass is 10.1. The molecule has 0 aliphatic carbocycles. The summed E-state index contributed by atoms with van der Waals surface area (Å²) in [6, 6.07) is 13.8. The molecule has 1 fully saturated rings. The van der Waals surface area contributed by atoms with Gasteiger partial charge in [-0.05, 0) is 29.7 Å². The van der Waals surface area contributed by atoms with Crippen LogP contribution in [0.25, 0.3) is 0 Å². The first-order valence-corrected chi connectivity index (χ1v) is 11.7. The molecule has 9 heteroatoms. The zero-order valence-electron chi connectivity index (χ0n) is 19.9. The van der Waals surface area contributed by atoms with Crippen molar-refractivity contribution in [2.75, 3.05) is 40.0 Å². The van der Waals surface area contributed by atoms with Crippen LogP contribution in [0.3, 0.4) is 0 Å². The van der Waals surface area contributed by atoms with Crippen LogP contribution in [0.1, 0.15) is 33.5 Å². The summed E-state index contributed by atoms with van der Waals surface area (Å²) in [5, 5.41) is 0. The van der Waals surface area contributed by atoms with E-state index in [1.54, 1.807) is 17.0 Å². The van der Waals surface area contributed by atoms with E-state index in [1.807, 2.05) is 6.07 Å². The summed E-state index contributed by atoms with van der Waals surface area (Å²) in [4.78, 5) is 40.2. The maximum Gasteiger partial charge on any atom is 0.318 e. The summed E-state index contributed by atoms with van der Waals surface area (Å²) >= 11 is 0. The van der Waals surface area contributed by atoms with Crippen molar-refractivity contribution in [2.24, 2.45) is 11.7 Å². The zero-order valence-corrected chi connectivity index (χ0v) is 19.9. The number of morpholine rings is 1. The van der Waals surface area contributed by atoms with Crippen molar-refractivity contribution >= 4 is 17.8 Å². The monoisotopic (exact) mass is 481 g/mol. The number of fused-ring (bicyclic) bond motifs is 1. The van der Waals surface area contributed by atoms with Crippen LogP contribution in [0, 0.1) is 5.92 Å². The van der Waals surface area contributed by atoms with Gasteiger partial charge in [-0.1, -0.05) is 30.3 Å². The molecule has 9 nitrogen and oxygen atoms in total. The number of primary amides is 1. The number of nitrogens with zero attached hydrogens (tertiary/aromatic N) is 2. The SMILES string of the molecule is COC(=O)C(CCN1Cc2c(OCc3ccc(CN4CCOCC4)cc3)cccc2C1=O)C(N)=O. The van der Waals surface area contributed by atoms with Gasteiger partial charge in [-0.15, -0.1) is 0 Å². The number of benzene rings is 2. The molecular weight excluding hydrogens is 450 g/mol. The third-order valence-corrected chi connectivity index (χ3v) is 6.44. The fourth-order valence-electron chi connectivity index (χ4n) is 4.40. The first-order valence-electron chi connectivity index (χ1n) is 11.7. The number of amides is 2. The Morgan fingerprint density at radius 1 is 1.09 bits per heavy atom. The lowest BCUT2D eigenvalue weighted by Gasteiger charge is -2.26. The minimum absolute atomic E-state index is 0.106. The Morgan fingerprint density at radius 2 is 1.80 bits per heavy atom. The smallest absolute Gasteiger partial charge is 0.318 e. The number of hydrogen-bond donors (Lipinski definition) is 1. The van der Waals surface area contributed by atoms with Crippen molar-refractivity contribution in [3.8, 4) is 5.75 Å². The molecule has 2 aliphatic heterocycles. The van der Waals surface area contributed by atoms with E-state index in [4.69, 9.17) is 15.2 Å². The molecule has 2 aliphatic rings. The van der Waals surface area contributed by atoms with Crippen molar-refractivity contribution in [2.45, 2.75) is 26.1 Å². The molecule has 2 amide bonds. The standard InChI is InChI=1S/C26H31N3O6/c1-33-26(32)21(24(27)30)9-10-29-16-22-20(25(29)31)3-2-4-23(22)35-17-19-7-5-18(6-8-19)15-28-11-13-34-14-12-28/h2-8,21H,9-17H2,1H3,(H2,27,30). The Kier molecular flexibility index (Phi) is 7.99. The molecule has 186 valence electrons. The second kappa shape index (κ2) is 11.3. The van der Waals surface area contributed by atoms with Crippen LogP contribution in [0.5, 0.6) is 5.75 Å². The Labute approximate surface area is 204 Å². The minimum Gasteiger partial charge on any atom is -0.489 e. The Morgan fingerprint density at radius 3 is 2.49 bits per heavy atom. The molecule has 1 unspecified atom stereocenters. The molecule has 0 radical (unpaired) electrons. The lowest BCUT2D eigenvalue weighted by molar-refractivity contribution is -0.149. The molecule has 4 rings (SSSR count). The second-order valence-corrected chi connectivity index (χ2v) is 8.77. The van der Waals surface area contributed by atoms with E-state index in [0.717, 1.165) is 44.0 Å². The zero-order chi connectivity index (χ0) is 24.8. The van der Waals surface area contributed by atoms with Gasteiger partial charge in [-0.2, -0.15) is 0 Å². The third kappa shape index (κ3) is 5.98. The number of rotatable bonds is 10. The van der Waals surface area contributed by atoms with Crippen molar-refractivity contribution in [3.63, 3.8) is 0 Å². The topological polar surface area (TPSA) is 111 Å². The van der Waals surface area contributed by atoms with E-state index >= 15 is 0 Å². The molecule has 0 saturated carbocycles. The van der Waals surface area contributed by atoms with Crippen LogP contribution in [0.4, 0.5) is 0 Å². The Bertz CT molecular complexity index is 1070. The normalized spacial score (nSPS) is 16.6. The van der Waals surface area contributed by atoms with E-state index < -0.39 is 17.8 Å². The molecule has 0 bridgehead atoms. The highest BCUT2D eigenvalue weighted by molar-refractivity contribution is 5.99. The van der Waals surface area contributed by atoms with Crippen LogP contribution < -0.4 is 10.5 Å². The predicted octanol–water partition coefficient (Wildman–Crippen LogP) is 1.72. The van der Waals surface area contributed by atoms with Gasteiger partial charge in [0.15, 0.2) is 0 Å². The average Bonchev–Trinajstić information content (AvgIpc) is 3.20. The van der Waals surface area contributed by atoms with Gasteiger partial charge in [0.05, 0.1) is 26.9 Å². The van der Waals surface area contributed by atoms with E-state index in [1.165, 1.54) is 12.7 Å². The number of methoxy groups -OCH3 is 1. The summed E-state index contributed by atoms with van der Waals surface area (Å²) in [7, 11) is 1.20. The van der Waals surface area contributed by atoms with Crippen molar-refractivity contribution in [1.82, 2.24) is 9.80 Å².